The lowest BCUT2D eigenvalue weighted by molar-refractivity contribution is 0.520. The summed E-state index contributed by atoms with van der Waals surface area (Å²) in [5.41, 5.74) is 2.96. The molecule has 1 saturated heterocycles. The zero-order chi connectivity index (χ0) is 15.0. The zero-order valence-electron chi connectivity index (χ0n) is 12.3. The molecule has 2 aromatic heterocycles. The van der Waals surface area contributed by atoms with Crippen molar-refractivity contribution >= 4 is 20.9 Å². The van der Waals surface area contributed by atoms with Crippen LogP contribution in [0.1, 0.15) is 17.7 Å². The summed E-state index contributed by atoms with van der Waals surface area (Å²) < 4.78 is 24.6. The second-order valence-electron chi connectivity index (χ2n) is 5.82. The molecule has 0 aliphatic carbocycles. The number of fused-ring (bicyclic) bond motifs is 1. The van der Waals surface area contributed by atoms with Gasteiger partial charge in [-0.1, -0.05) is 0 Å². The van der Waals surface area contributed by atoms with E-state index in [1.807, 2.05) is 20.2 Å². The van der Waals surface area contributed by atoms with Crippen LogP contribution in [0.5, 0.6) is 0 Å². The Kier molecular flexibility index (Phi) is 3.71. The molecule has 0 aromatic carbocycles. The second kappa shape index (κ2) is 5.38. The molecule has 1 aliphatic rings. The molecule has 1 fully saturated rings. The van der Waals surface area contributed by atoms with Crippen LogP contribution in [0.2, 0.25) is 0 Å². The Labute approximate surface area is 124 Å². The van der Waals surface area contributed by atoms with Crippen molar-refractivity contribution in [3.63, 3.8) is 0 Å². The number of hydrogen-bond acceptors (Lipinski definition) is 5. The molecule has 114 valence electrons. The quantitative estimate of drug-likeness (QED) is 0.904. The lowest BCUT2D eigenvalue weighted by Crippen LogP contribution is -2.23. The first kappa shape index (κ1) is 14.5. The molecule has 0 saturated carbocycles. The number of nitrogens with one attached hydrogen (secondary N) is 1. The molecule has 2 aromatic rings. The van der Waals surface area contributed by atoms with Crippen molar-refractivity contribution in [3.05, 3.63) is 23.5 Å². The molecule has 0 amide bonds. The Balaban J connectivity index is 1.62. The summed E-state index contributed by atoms with van der Waals surface area (Å²) >= 11 is 0. The zero-order valence-corrected chi connectivity index (χ0v) is 13.2. The third-order valence-corrected chi connectivity index (χ3v) is 5.85. The third-order valence-electron chi connectivity index (χ3n) is 4.01. The standard InChI is InChI=1S/C14H20N4O2S/c1-10-13-5-12(8-16-14(13)18(2)17-10)7-15-6-11-3-4-21(19,20)9-11/h5,8,11,15H,3-4,6-7,9H2,1-2H3. The number of aryl methyl sites for hydroxylation is 2. The first-order chi connectivity index (χ1) is 9.94. The van der Waals surface area contributed by atoms with Gasteiger partial charge in [0.05, 0.1) is 17.2 Å². The number of hydrogen-bond donors (Lipinski definition) is 1. The van der Waals surface area contributed by atoms with Crippen LogP contribution in [0.15, 0.2) is 12.3 Å². The average molecular weight is 308 g/mol. The maximum atomic E-state index is 11.4. The van der Waals surface area contributed by atoms with Crippen molar-refractivity contribution in [1.29, 1.82) is 0 Å². The van der Waals surface area contributed by atoms with Gasteiger partial charge in [0.2, 0.25) is 0 Å². The number of sulfone groups is 1. The van der Waals surface area contributed by atoms with Gasteiger partial charge in [-0.2, -0.15) is 5.10 Å². The van der Waals surface area contributed by atoms with Crippen molar-refractivity contribution in [2.24, 2.45) is 13.0 Å². The lowest BCUT2D eigenvalue weighted by Gasteiger charge is -2.09. The van der Waals surface area contributed by atoms with E-state index in [2.05, 4.69) is 21.5 Å². The number of rotatable bonds is 4. The van der Waals surface area contributed by atoms with E-state index in [9.17, 15) is 8.42 Å². The summed E-state index contributed by atoms with van der Waals surface area (Å²) in [6, 6.07) is 2.10. The van der Waals surface area contributed by atoms with Crippen LogP contribution in [0.4, 0.5) is 0 Å². The maximum Gasteiger partial charge on any atom is 0.157 e. The third kappa shape index (κ3) is 3.08. The number of pyridine rings is 1. The fourth-order valence-corrected chi connectivity index (χ4v) is 4.76. The molecule has 21 heavy (non-hydrogen) atoms. The maximum absolute atomic E-state index is 11.4. The average Bonchev–Trinajstić information content (AvgIpc) is 2.90. The van der Waals surface area contributed by atoms with E-state index < -0.39 is 9.84 Å². The molecule has 3 heterocycles. The molecular weight excluding hydrogens is 288 g/mol. The number of aromatic nitrogens is 3. The van der Waals surface area contributed by atoms with Crippen LogP contribution in [0, 0.1) is 12.8 Å². The Morgan fingerprint density at radius 3 is 3.00 bits per heavy atom. The summed E-state index contributed by atoms with van der Waals surface area (Å²) in [7, 11) is -0.896. The monoisotopic (exact) mass is 308 g/mol. The molecule has 1 atom stereocenters. The van der Waals surface area contributed by atoms with Crippen LogP contribution < -0.4 is 5.32 Å². The summed E-state index contributed by atoms with van der Waals surface area (Å²) in [6.45, 7) is 3.42. The predicted molar refractivity (Wildman–Crippen MR) is 81.7 cm³/mol. The predicted octanol–water partition coefficient (Wildman–Crippen LogP) is 0.801. The summed E-state index contributed by atoms with van der Waals surface area (Å²) in [4.78, 5) is 4.44. The van der Waals surface area contributed by atoms with Crippen molar-refractivity contribution in [3.8, 4) is 0 Å². The Hall–Kier alpha value is -1.47. The van der Waals surface area contributed by atoms with Crippen LogP contribution in [0.25, 0.3) is 11.0 Å². The van der Waals surface area contributed by atoms with Crippen molar-refractivity contribution in [2.45, 2.75) is 19.9 Å². The molecule has 0 bridgehead atoms. The lowest BCUT2D eigenvalue weighted by atomic mass is 10.1. The molecule has 1 N–H and O–H groups in total. The molecule has 1 unspecified atom stereocenters. The molecular formula is C14H20N4O2S. The van der Waals surface area contributed by atoms with Gasteiger partial charge in [0.25, 0.3) is 0 Å². The topological polar surface area (TPSA) is 76.9 Å². The van der Waals surface area contributed by atoms with Crippen molar-refractivity contribution in [1.82, 2.24) is 20.1 Å². The van der Waals surface area contributed by atoms with Crippen LogP contribution in [0.3, 0.4) is 0 Å². The van der Waals surface area contributed by atoms with E-state index in [4.69, 9.17) is 0 Å². The first-order valence-electron chi connectivity index (χ1n) is 7.14. The van der Waals surface area contributed by atoms with E-state index in [1.165, 1.54) is 0 Å². The van der Waals surface area contributed by atoms with Gasteiger partial charge in [-0.25, -0.2) is 13.4 Å². The van der Waals surface area contributed by atoms with E-state index in [0.29, 0.717) is 18.1 Å². The normalized spacial score (nSPS) is 21.1. The molecule has 1 aliphatic heterocycles. The Bertz CT molecular complexity index is 767. The molecule has 7 heteroatoms. The summed E-state index contributed by atoms with van der Waals surface area (Å²) in [6.07, 6.45) is 2.62. The largest absolute Gasteiger partial charge is 0.312 e. The SMILES string of the molecule is Cc1nn(C)c2ncc(CNCC3CCS(=O)(=O)C3)cc12. The van der Waals surface area contributed by atoms with E-state index in [-0.39, 0.29) is 5.92 Å². The van der Waals surface area contributed by atoms with Crippen molar-refractivity contribution in [2.75, 3.05) is 18.1 Å². The molecule has 0 spiro atoms. The summed E-state index contributed by atoms with van der Waals surface area (Å²) in [5.74, 6) is 0.896. The van der Waals surface area contributed by atoms with Gasteiger partial charge < -0.3 is 5.32 Å². The molecule has 3 rings (SSSR count). The highest BCUT2D eigenvalue weighted by molar-refractivity contribution is 7.91. The van der Waals surface area contributed by atoms with Gasteiger partial charge in [-0.3, -0.25) is 4.68 Å². The molecule has 6 nitrogen and oxygen atoms in total. The minimum atomic E-state index is -2.79. The first-order valence-corrected chi connectivity index (χ1v) is 8.96. The van der Waals surface area contributed by atoms with Crippen LogP contribution >= 0.6 is 0 Å². The Morgan fingerprint density at radius 2 is 2.29 bits per heavy atom. The smallest absolute Gasteiger partial charge is 0.157 e. The van der Waals surface area contributed by atoms with Gasteiger partial charge in [0.15, 0.2) is 15.5 Å². The fraction of sp³-hybridized carbons (Fsp3) is 0.571. The summed E-state index contributed by atoms with van der Waals surface area (Å²) in [5, 5.41) is 8.77. The van der Waals surface area contributed by atoms with E-state index >= 15 is 0 Å². The number of nitrogens with zero attached hydrogens (tertiary/aromatic N) is 3. The highest BCUT2D eigenvalue weighted by atomic mass is 32.2. The van der Waals surface area contributed by atoms with E-state index in [0.717, 1.165) is 35.3 Å². The van der Waals surface area contributed by atoms with Crippen LogP contribution in [-0.2, 0) is 23.4 Å². The van der Waals surface area contributed by atoms with Gasteiger partial charge in [-0.15, -0.1) is 0 Å². The minimum Gasteiger partial charge on any atom is -0.312 e. The van der Waals surface area contributed by atoms with Gasteiger partial charge in [0.1, 0.15) is 0 Å². The highest BCUT2D eigenvalue weighted by Gasteiger charge is 2.27. The minimum absolute atomic E-state index is 0.242. The van der Waals surface area contributed by atoms with Gasteiger partial charge >= 0.3 is 0 Å². The second-order valence-corrected chi connectivity index (χ2v) is 8.05. The molecule has 0 radical (unpaired) electrons. The van der Waals surface area contributed by atoms with E-state index in [1.54, 1.807) is 4.68 Å². The van der Waals surface area contributed by atoms with Crippen molar-refractivity contribution < 1.29 is 8.42 Å². The highest BCUT2D eigenvalue weighted by Crippen LogP contribution is 2.18. The van der Waals surface area contributed by atoms with Gasteiger partial charge in [-0.05, 0) is 37.4 Å². The fourth-order valence-electron chi connectivity index (χ4n) is 2.90. The Morgan fingerprint density at radius 1 is 1.48 bits per heavy atom. The van der Waals surface area contributed by atoms with Crippen LogP contribution in [-0.4, -0.2) is 41.2 Å². The van der Waals surface area contributed by atoms with Gasteiger partial charge in [0, 0.05) is 25.2 Å².